The molecule has 0 aliphatic rings. The third-order valence-electron chi connectivity index (χ3n) is 1.71. The zero-order chi connectivity index (χ0) is 10.7. The minimum Gasteiger partial charge on any atom is -0.495 e. The van der Waals surface area contributed by atoms with Gasteiger partial charge < -0.3 is 10.5 Å². The highest BCUT2D eigenvalue weighted by molar-refractivity contribution is 5.71. The molecule has 0 aromatic heterocycles. The van der Waals surface area contributed by atoms with Crippen LogP contribution in [0.5, 0.6) is 5.75 Å². The molecule has 6 heteroatoms. The fourth-order valence-electron chi connectivity index (χ4n) is 1.03. The van der Waals surface area contributed by atoms with Gasteiger partial charge in [-0.1, -0.05) is 0 Å². The summed E-state index contributed by atoms with van der Waals surface area (Å²) in [4.78, 5) is 9.82. The highest BCUT2D eigenvalue weighted by Crippen LogP contribution is 2.31. The molecule has 0 bridgehead atoms. The van der Waals surface area contributed by atoms with Crippen molar-refractivity contribution in [1.29, 1.82) is 5.26 Å². The number of nitro benzene ring substituents is 1. The lowest BCUT2D eigenvalue weighted by molar-refractivity contribution is -0.383. The molecule has 0 aliphatic carbocycles. The molecule has 0 heterocycles. The number of nitrogens with two attached hydrogens (primary N) is 1. The van der Waals surface area contributed by atoms with Gasteiger partial charge in [0.1, 0.15) is 23.1 Å². The van der Waals surface area contributed by atoms with E-state index in [2.05, 4.69) is 0 Å². The van der Waals surface area contributed by atoms with Crippen LogP contribution in [0.15, 0.2) is 12.1 Å². The number of ether oxygens (including phenoxy) is 1. The van der Waals surface area contributed by atoms with Crippen LogP contribution in [0.3, 0.4) is 0 Å². The van der Waals surface area contributed by atoms with Gasteiger partial charge in [0.15, 0.2) is 0 Å². The molecule has 0 amide bonds. The standard InChI is InChI=1S/C8H7N3O3/c1-14-7-3-2-6(11(12)13)8(10)5(7)4-9/h2-3H,10H2,1H3. The van der Waals surface area contributed by atoms with Crippen molar-refractivity contribution in [2.45, 2.75) is 0 Å². The van der Waals surface area contributed by atoms with Gasteiger partial charge in [0, 0.05) is 6.07 Å². The van der Waals surface area contributed by atoms with Crippen molar-refractivity contribution in [3.05, 3.63) is 27.8 Å². The molecule has 2 N–H and O–H groups in total. The maximum atomic E-state index is 10.5. The maximum Gasteiger partial charge on any atom is 0.293 e. The van der Waals surface area contributed by atoms with Gasteiger partial charge >= 0.3 is 0 Å². The molecule has 0 unspecified atom stereocenters. The first-order valence-electron chi connectivity index (χ1n) is 3.62. The van der Waals surface area contributed by atoms with Crippen LogP contribution < -0.4 is 10.5 Å². The van der Waals surface area contributed by atoms with E-state index in [0.29, 0.717) is 0 Å². The molecule has 0 radical (unpaired) electrons. The normalized spacial score (nSPS) is 9.14. The van der Waals surface area contributed by atoms with E-state index in [9.17, 15) is 10.1 Å². The largest absolute Gasteiger partial charge is 0.495 e. The van der Waals surface area contributed by atoms with E-state index in [1.807, 2.05) is 0 Å². The highest BCUT2D eigenvalue weighted by atomic mass is 16.6. The summed E-state index contributed by atoms with van der Waals surface area (Å²) in [5.41, 5.74) is 4.96. The molecule has 1 rings (SSSR count). The summed E-state index contributed by atoms with van der Waals surface area (Å²) in [6.45, 7) is 0. The van der Waals surface area contributed by atoms with Crippen molar-refractivity contribution in [3.63, 3.8) is 0 Å². The number of nitro groups is 1. The molecule has 0 saturated heterocycles. The van der Waals surface area contributed by atoms with E-state index in [0.717, 1.165) is 0 Å². The number of hydrogen-bond donors (Lipinski definition) is 1. The predicted octanol–water partition coefficient (Wildman–Crippen LogP) is 1.06. The number of nitrogens with zero attached hydrogens (tertiary/aromatic N) is 2. The van der Waals surface area contributed by atoms with Gasteiger partial charge in [-0.25, -0.2) is 0 Å². The fraction of sp³-hybridized carbons (Fsp3) is 0.125. The molecule has 0 atom stereocenters. The molecular weight excluding hydrogens is 186 g/mol. The van der Waals surface area contributed by atoms with Crippen molar-refractivity contribution >= 4 is 11.4 Å². The molecule has 72 valence electrons. The zero-order valence-corrected chi connectivity index (χ0v) is 7.35. The second-order valence-corrected chi connectivity index (χ2v) is 2.44. The Hall–Kier alpha value is -2.29. The van der Waals surface area contributed by atoms with Gasteiger partial charge in [0.05, 0.1) is 12.0 Å². The van der Waals surface area contributed by atoms with Crippen molar-refractivity contribution in [2.24, 2.45) is 0 Å². The minimum absolute atomic E-state index is 0.0123. The Bertz CT molecular complexity index is 423. The molecule has 0 spiro atoms. The first-order valence-corrected chi connectivity index (χ1v) is 3.62. The van der Waals surface area contributed by atoms with Crippen LogP contribution in [0.2, 0.25) is 0 Å². The fourth-order valence-corrected chi connectivity index (χ4v) is 1.03. The Morgan fingerprint density at radius 1 is 1.64 bits per heavy atom. The lowest BCUT2D eigenvalue weighted by Gasteiger charge is -2.04. The zero-order valence-electron chi connectivity index (χ0n) is 7.35. The summed E-state index contributed by atoms with van der Waals surface area (Å²) in [5.74, 6) is 0.232. The van der Waals surface area contributed by atoms with Gasteiger partial charge in [-0.05, 0) is 6.07 Å². The van der Waals surface area contributed by atoms with Crippen molar-refractivity contribution in [3.8, 4) is 11.8 Å². The van der Waals surface area contributed by atoms with Gasteiger partial charge in [0.25, 0.3) is 5.69 Å². The first-order chi connectivity index (χ1) is 6.61. The number of anilines is 1. The average Bonchev–Trinajstić information content (AvgIpc) is 2.16. The van der Waals surface area contributed by atoms with Crippen LogP contribution in [-0.4, -0.2) is 12.0 Å². The van der Waals surface area contributed by atoms with Gasteiger partial charge in [-0.15, -0.1) is 0 Å². The Labute approximate surface area is 79.7 Å². The van der Waals surface area contributed by atoms with E-state index in [1.54, 1.807) is 6.07 Å². The van der Waals surface area contributed by atoms with Crippen molar-refractivity contribution in [2.75, 3.05) is 12.8 Å². The number of benzene rings is 1. The highest BCUT2D eigenvalue weighted by Gasteiger charge is 2.18. The van der Waals surface area contributed by atoms with Crippen LogP contribution in [0.25, 0.3) is 0 Å². The summed E-state index contributed by atoms with van der Waals surface area (Å²) in [7, 11) is 1.36. The van der Waals surface area contributed by atoms with E-state index >= 15 is 0 Å². The molecular formula is C8H7N3O3. The average molecular weight is 193 g/mol. The predicted molar refractivity (Wildman–Crippen MR) is 48.8 cm³/mol. The SMILES string of the molecule is COc1ccc([N+](=O)[O-])c(N)c1C#N. The molecule has 0 fully saturated rings. The quantitative estimate of drug-likeness (QED) is 0.429. The summed E-state index contributed by atoms with van der Waals surface area (Å²) >= 11 is 0. The number of nitriles is 1. The first kappa shape index (κ1) is 9.80. The van der Waals surface area contributed by atoms with E-state index < -0.39 is 4.92 Å². The Kier molecular flexibility index (Phi) is 2.53. The van der Waals surface area contributed by atoms with E-state index in [1.165, 1.54) is 19.2 Å². The second-order valence-electron chi connectivity index (χ2n) is 2.44. The second kappa shape index (κ2) is 3.62. The van der Waals surface area contributed by atoms with Crippen molar-refractivity contribution < 1.29 is 9.66 Å². The Balaban J connectivity index is 3.44. The minimum atomic E-state index is -0.643. The van der Waals surface area contributed by atoms with Crippen LogP contribution in [0, 0.1) is 21.4 Å². The number of rotatable bonds is 2. The summed E-state index contributed by atoms with van der Waals surface area (Å²) in [6, 6.07) is 4.30. The number of hydrogen-bond acceptors (Lipinski definition) is 5. The number of nitrogen functional groups attached to an aromatic ring is 1. The molecule has 6 nitrogen and oxygen atoms in total. The third kappa shape index (κ3) is 1.43. The lowest BCUT2D eigenvalue weighted by atomic mass is 10.1. The van der Waals surface area contributed by atoms with E-state index in [4.69, 9.17) is 15.7 Å². The molecule has 1 aromatic carbocycles. The smallest absolute Gasteiger partial charge is 0.293 e. The molecule has 0 aliphatic heterocycles. The third-order valence-corrected chi connectivity index (χ3v) is 1.71. The summed E-state index contributed by atoms with van der Waals surface area (Å²) in [5, 5.41) is 19.2. The van der Waals surface area contributed by atoms with Crippen molar-refractivity contribution in [1.82, 2.24) is 0 Å². The number of methoxy groups -OCH3 is 1. The van der Waals surface area contributed by atoms with Gasteiger partial charge in [-0.2, -0.15) is 5.26 Å². The van der Waals surface area contributed by atoms with Gasteiger partial charge in [-0.3, -0.25) is 10.1 Å². The summed E-state index contributed by atoms with van der Waals surface area (Å²) in [6.07, 6.45) is 0. The molecule has 0 saturated carbocycles. The molecule has 1 aromatic rings. The maximum absolute atomic E-state index is 10.5. The topological polar surface area (TPSA) is 102 Å². The summed E-state index contributed by atoms with van der Waals surface area (Å²) < 4.78 is 4.83. The lowest BCUT2D eigenvalue weighted by Crippen LogP contribution is -2.00. The van der Waals surface area contributed by atoms with Crippen LogP contribution in [0.1, 0.15) is 5.56 Å². The van der Waals surface area contributed by atoms with Crippen LogP contribution in [0.4, 0.5) is 11.4 Å². The van der Waals surface area contributed by atoms with E-state index in [-0.39, 0.29) is 22.7 Å². The van der Waals surface area contributed by atoms with Gasteiger partial charge in [0.2, 0.25) is 0 Å². The Morgan fingerprint density at radius 3 is 2.71 bits per heavy atom. The Morgan fingerprint density at radius 2 is 2.29 bits per heavy atom. The van der Waals surface area contributed by atoms with Crippen LogP contribution in [-0.2, 0) is 0 Å². The molecule has 14 heavy (non-hydrogen) atoms. The monoisotopic (exact) mass is 193 g/mol. The van der Waals surface area contributed by atoms with Crippen LogP contribution >= 0.6 is 0 Å².